The average Bonchev–Trinajstić information content (AvgIpc) is 2.88. The predicted octanol–water partition coefficient (Wildman–Crippen LogP) is 2.33. The second kappa shape index (κ2) is 5.87. The molecular formula is C15H19NO3. The van der Waals surface area contributed by atoms with Gasteiger partial charge in [-0.2, -0.15) is 0 Å². The van der Waals surface area contributed by atoms with Crippen LogP contribution in [-0.4, -0.2) is 34.5 Å². The van der Waals surface area contributed by atoms with Gasteiger partial charge in [0.05, 0.1) is 0 Å². The van der Waals surface area contributed by atoms with Gasteiger partial charge in [-0.25, -0.2) is 4.79 Å². The highest BCUT2D eigenvalue weighted by Crippen LogP contribution is 2.20. The lowest BCUT2D eigenvalue weighted by Gasteiger charge is -2.21. The third-order valence-corrected chi connectivity index (χ3v) is 3.54. The summed E-state index contributed by atoms with van der Waals surface area (Å²) in [5.41, 5.74) is 1.78. The van der Waals surface area contributed by atoms with E-state index in [2.05, 4.69) is 6.92 Å². The summed E-state index contributed by atoms with van der Waals surface area (Å²) in [6.07, 6.45) is 3.38. The van der Waals surface area contributed by atoms with Gasteiger partial charge in [0.1, 0.15) is 6.04 Å². The third kappa shape index (κ3) is 2.95. The molecule has 1 amide bonds. The summed E-state index contributed by atoms with van der Waals surface area (Å²) >= 11 is 0. The number of benzene rings is 1. The number of carbonyl (C=O) groups excluding carboxylic acids is 1. The van der Waals surface area contributed by atoms with Gasteiger partial charge in [-0.15, -0.1) is 0 Å². The van der Waals surface area contributed by atoms with E-state index in [1.807, 2.05) is 12.1 Å². The first-order valence-electron chi connectivity index (χ1n) is 6.76. The highest BCUT2D eigenvalue weighted by Gasteiger charge is 2.34. The topological polar surface area (TPSA) is 57.6 Å². The van der Waals surface area contributed by atoms with Crippen molar-refractivity contribution in [2.75, 3.05) is 6.54 Å². The Bertz CT molecular complexity index is 467. The molecule has 1 aliphatic rings. The van der Waals surface area contributed by atoms with E-state index in [-0.39, 0.29) is 5.91 Å². The Balaban J connectivity index is 2.12. The maximum absolute atomic E-state index is 12.3. The highest BCUT2D eigenvalue weighted by molar-refractivity contribution is 5.97. The van der Waals surface area contributed by atoms with E-state index in [1.165, 1.54) is 10.5 Å². The maximum Gasteiger partial charge on any atom is 0.326 e. The second-order valence-corrected chi connectivity index (χ2v) is 4.94. The summed E-state index contributed by atoms with van der Waals surface area (Å²) in [5.74, 6) is -1.08. The van der Waals surface area contributed by atoms with Gasteiger partial charge in [0.25, 0.3) is 5.91 Å². The molecule has 1 atom stereocenters. The van der Waals surface area contributed by atoms with Crippen molar-refractivity contribution in [1.29, 1.82) is 0 Å². The van der Waals surface area contributed by atoms with E-state index in [0.29, 0.717) is 18.5 Å². The molecule has 0 bridgehead atoms. The lowest BCUT2D eigenvalue weighted by Crippen LogP contribution is -2.40. The van der Waals surface area contributed by atoms with E-state index in [0.717, 1.165) is 19.3 Å². The zero-order valence-corrected chi connectivity index (χ0v) is 11.1. The number of aryl methyl sites for hydroxylation is 1. The van der Waals surface area contributed by atoms with Crippen LogP contribution in [0.3, 0.4) is 0 Å². The molecule has 19 heavy (non-hydrogen) atoms. The Morgan fingerprint density at radius 3 is 2.58 bits per heavy atom. The van der Waals surface area contributed by atoms with Crippen LogP contribution in [0.2, 0.25) is 0 Å². The number of aliphatic carboxylic acids is 1. The summed E-state index contributed by atoms with van der Waals surface area (Å²) in [6, 6.07) is 6.82. The van der Waals surface area contributed by atoms with Gasteiger partial charge in [-0.3, -0.25) is 4.79 Å². The molecule has 2 rings (SSSR count). The SMILES string of the molecule is CCCc1ccc(C(=O)N2CCC[C@@H]2C(=O)O)cc1. The molecule has 1 aromatic carbocycles. The fraction of sp³-hybridized carbons (Fsp3) is 0.467. The van der Waals surface area contributed by atoms with Crippen molar-refractivity contribution < 1.29 is 14.7 Å². The Hall–Kier alpha value is -1.84. The van der Waals surface area contributed by atoms with Crippen molar-refractivity contribution in [1.82, 2.24) is 4.90 Å². The fourth-order valence-electron chi connectivity index (χ4n) is 2.54. The molecule has 4 nitrogen and oxygen atoms in total. The second-order valence-electron chi connectivity index (χ2n) is 4.94. The van der Waals surface area contributed by atoms with E-state index in [4.69, 9.17) is 5.11 Å². The first kappa shape index (κ1) is 13.6. The van der Waals surface area contributed by atoms with Crippen molar-refractivity contribution in [2.24, 2.45) is 0 Å². The van der Waals surface area contributed by atoms with Gasteiger partial charge in [0, 0.05) is 12.1 Å². The molecule has 1 heterocycles. The van der Waals surface area contributed by atoms with Gasteiger partial charge in [0.2, 0.25) is 0 Å². The highest BCUT2D eigenvalue weighted by atomic mass is 16.4. The molecule has 0 spiro atoms. The maximum atomic E-state index is 12.3. The molecule has 1 aromatic rings. The van der Waals surface area contributed by atoms with Crippen molar-refractivity contribution in [3.05, 3.63) is 35.4 Å². The van der Waals surface area contributed by atoms with Gasteiger partial charge in [-0.1, -0.05) is 25.5 Å². The fourth-order valence-corrected chi connectivity index (χ4v) is 2.54. The van der Waals surface area contributed by atoms with Crippen molar-refractivity contribution >= 4 is 11.9 Å². The number of hydrogen-bond donors (Lipinski definition) is 1. The zero-order valence-electron chi connectivity index (χ0n) is 11.1. The molecule has 102 valence electrons. The third-order valence-electron chi connectivity index (χ3n) is 3.54. The van der Waals surface area contributed by atoms with Gasteiger partial charge >= 0.3 is 5.97 Å². The van der Waals surface area contributed by atoms with Gasteiger partial charge < -0.3 is 10.0 Å². The van der Waals surface area contributed by atoms with Crippen LogP contribution in [0.4, 0.5) is 0 Å². The minimum Gasteiger partial charge on any atom is -0.480 e. The predicted molar refractivity (Wildman–Crippen MR) is 72.1 cm³/mol. The lowest BCUT2D eigenvalue weighted by atomic mass is 10.1. The van der Waals surface area contributed by atoms with Gasteiger partial charge in [-0.05, 0) is 37.0 Å². The number of rotatable bonds is 4. The molecule has 1 fully saturated rings. The minimum absolute atomic E-state index is 0.173. The first-order chi connectivity index (χ1) is 9.13. The molecule has 0 aromatic heterocycles. The van der Waals surface area contributed by atoms with Crippen LogP contribution in [0.15, 0.2) is 24.3 Å². The van der Waals surface area contributed by atoms with Crippen LogP contribution in [0.25, 0.3) is 0 Å². The van der Waals surface area contributed by atoms with Crippen molar-refractivity contribution in [3.8, 4) is 0 Å². The first-order valence-corrected chi connectivity index (χ1v) is 6.76. The largest absolute Gasteiger partial charge is 0.480 e. The van der Waals surface area contributed by atoms with E-state index < -0.39 is 12.0 Å². The monoisotopic (exact) mass is 261 g/mol. The summed E-state index contributed by atoms with van der Waals surface area (Å²) in [6.45, 7) is 2.65. The smallest absolute Gasteiger partial charge is 0.326 e. The number of carboxylic acids is 1. The Morgan fingerprint density at radius 1 is 1.32 bits per heavy atom. The van der Waals surface area contributed by atoms with E-state index in [9.17, 15) is 9.59 Å². The summed E-state index contributed by atoms with van der Waals surface area (Å²) in [7, 11) is 0. The molecule has 0 saturated carbocycles. The number of carbonyl (C=O) groups is 2. The van der Waals surface area contributed by atoms with Crippen molar-refractivity contribution in [3.63, 3.8) is 0 Å². The van der Waals surface area contributed by atoms with E-state index >= 15 is 0 Å². The van der Waals surface area contributed by atoms with Crippen LogP contribution >= 0.6 is 0 Å². The number of nitrogens with zero attached hydrogens (tertiary/aromatic N) is 1. The summed E-state index contributed by atoms with van der Waals surface area (Å²) in [5, 5.41) is 9.10. The molecular weight excluding hydrogens is 242 g/mol. The average molecular weight is 261 g/mol. The lowest BCUT2D eigenvalue weighted by molar-refractivity contribution is -0.141. The summed E-state index contributed by atoms with van der Waals surface area (Å²) in [4.78, 5) is 24.9. The van der Waals surface area contributed by atoms with Crippen LogP contribution in [-0.2, 0) is 11.2 Å². The number of hydrogen-bond acceptors (Lipinski definition) is 2. The quantitative estimate of drug-likeness (QED) is 0.905. The molecule has 1 N–H and O–H groups in total. The molecule has 0 unspecified atom stereocenters. The molecule has 1 saturated heterocycles. The number of likely N-dealkylation sites (tertiary alicyclic amines) is 1. The normalized spacial score (nSPS) is 18.6. The summed E-state index contributed by atoms with van der Waals surface area (Å²) < 4.78 is 0. The molecule has 1 aliphatic heterocycles. The molecule has 0 radical (unpaired) electrons. The van der Waals surface area contributed by atoms with Crippen molar-refractivity contribution in [2.45, 2.75) is 38.6 Å². The number of carboxylic acid groups (broad SMARTS) is 1. The van der Waals surface area contributed by atoms with Gasteiger partial charge in [0.15, 0.2) is 0 Å². The molecule has 0 aliphatic carbocycles. The Labute approximate surface area is 113 Å². The minimum atomic E-state index is -0.909. The van der Waals surface area contributed by atoms with Crippen LogP contribution in [0.1, 0.15) is 42.1 Å². The van der Waals surface area contributed by atoms with Crippen LogP contribution < -0.4 is 0 Å². The van der Waals surface area contributed by atoms with Crippen LogP contribution in [0.5, 0.6) is 0 Å². The number of amides is 1. The van der Waals surface area contributed by atoms with Crippen LogP contribution in [0, 0.1) is 0 Å². The Morgan fingerprint density at radius 2 is 2.00 bits per heavy atom. The molecule has 4 heteroatoms. The Kier molecular flexibility index (Phi) is 4.20. The van der Waals surface area contributed by atoms with E-state index in [1.54, 1.807) is 12.1 Å². The zero-order chi connectivity index (χ0) is 13.8. The standard InChI is InChI=1S/C15H19NO3/c1-2-4-11-6-8-12(9-7-11)14(17)16-10-3-5-13(16)15(18)19/h6-9,13H,2-5,10H2,1H3,(H,18,19)/t13-/m1/s1.